The molecule has 0 bridgehead atoms. The Balaban J connectivity index is 2.14. The van der Waals surface area contributed by atoms with E-state index in [4.69, 9.17) is 16.3 Å². The lowest BCUT2D eigenvalue weighted by Crippen LogP contribution is -2.19. The van der Waals surface area contributed by atoms with Gasteiger partial charge in [-0.3, -0.25) is 4.79 Å². The van der Waals surface area contributed by atoms with Gasteiger partial charge in [0.05, 0.1) is 12.0 Å². The number of likely N-dealkylation sites (N-methyl/N-ethyl adjacent to an activating group) is 1. The van der Waals surface area contributed by atoms with Gasteiger partial charge < -0.3 is 10.1 Å². The summed E-state index contributed by atoms with van der Waals surface area (Å²) in [4.78, 5) is 13.5. The van der Waals surface area contributed by atoms with Crippen LogP contribution in [-0.4, -0.2) is 19.6 Å². The number of benzene rings is 2. The average Bonchev–Trinajstić information content (AvgIpc) is 2.55. The zero-order chi connectivity index (χ0) is 16.7. The number of amides is 1. The van der Waals surface area contributed by atoms with Crippen LogP contribution in [0.1, 0.15) is 12.5 Å². The summed E-state index contributed by atoms with van der Waals surface area (Å²) in [6.07, 6.45) is 3.20. The number of hydrogen-bond acceptors (Lipinski definition) is 3. The summed E-state index contributed by atoms with van der Waals surface area (Å²) < 4.78 is 5.35. The van der Waals surface area contributed by atoms with Crippen molar-refractivity contribution in [2.75, 3.05) is 13.7 Å². The summed E-state index contributed by atoms with van der Waals surface area (Å²) in [5, 5.41) is 3.31. The molecule has 23 heavy (non-hydrogen) atoms. The van der Waals surface area contributed by atoms with E-state index in [0.717, 1.165) is 21.1 Å². The largest absolute Gasteiger partial charge is 0.496 e. The molecule has 2 aromatic rings. The Bertz CT molecular complexity index is 716. The van der Waals surface area contributed by atoms with Crippen molar-refractivity contribution < 1.29 is 9.53 Å². The number of nitrogens with one attached hydrogen (secondary N) is 1. The van der Waals surface area contributed by atoms with Crippen LogP contribution in [0.15, 0.2) is 58.3 Å². The third-order valence-electron chi connectivity index (χ3n) is 3.03. The third-order valence-corrected chi connectivity index (χ3v) is 4.41. The van der Waals surface area contributed by atoms with E-state index in [1.807, 2.05) is 49.4 Å². The highest BCUT2D eigenvalue weighted by Gasteiger charge is 2.06. The number of carbonyl (C=O) groups excluding carboxylic acids is 1. The number of ether oxygens (including phenoxy) is 1. The first-order valence-corrected chi connectivity index (χ1v) is 8.39. The van der Waals surface area contributed by atoms with Gasteiger partial charge in [0.15, 0.2) is 0 Å². The van der Waals surface area contributed by atoms with Crippen LogP contribution < -0.4 is 10.1 Å². The molecule has 120 valence electrons. The minimum atomic E-state index is -0.129. The Morgan fingerprint density at radius 2 is 2.09 bits per heavy atom. The predicted octanol–water partition coefficient (Wildman–Crippen LogP) is 4.65. The van der Waals surface area contributed by atoms with Crippen molar-refractivity contribution in [3.8, 4) is 5.75 Å². The molecule has 5 heteroatoms. The number of carbonyl (C=O) groups is 1. The van der Waals surface area contributed by atoms with Gasteiger partial charge in [-0.05, 0) is 42.8 Å². The second kappa shape index (κ2) is 8.65. The highest BCUT2D eigenvalue weighted by molar-refractivity contribution is 7.99. The smallest absolute Gasteiger partial charge is 0.243 e. The Hall–Kier alpha value is -1.91. The van der Waals surface area contributed by atoms with Crippen molar-refractivity contribution in [2.24, 2.45) is 0 Å². The van der Waals surface area contributed by atoms with Crippen molar-refractivity contribution in [3.05, 3.63) is 59.1 Å². The van der Waals surface area contributed by atoms with E-state index in [-0.39, 0.29) is 5.91 Å². The fourth-order valence-corrected chi connectivity index (χ4v) is 3.21. The zero-order valence-electron chi connectivity index (χ0n) is 13.0. The van der Waals surface area contributed by atoms with Gasteiger partial charge in [0.2, 0.25) is 5.91 Å². The Labute approximate surface area is 145 Å². The Kier molecular flexibility index (Phi) is 6.56. The maximum absolute atomic E-state index is 11.4. The van der Waals surface area contributed by atoms with Crippen molar-refractivity contribution in [2.45, 2.75) is 16.7 Å². The van der Waals surface area contributed by atoms with Crippen LogP contribution in [0, 0.1) is 0 Å². The quantitative estimate of drug-likeness (QED) is 0.773. The summed E-state index contributed by atoms with van der Waals surface area (Å²) in [6, 6.07) is 13.6. The van der Waals surface area contributed by atoms with E-state index in [1.165, 1.54) is 6.08 Å². The maximum atomic E-state index is 11.4. The van der Waals surface area contributed by atoms with Crippen LogP contribution in [0.2, 0.25) is 5.02 Å². The van der Waals surface area contributed by atoms with Gasteiger partial charge in [-0.15, -0.1) is 0 Å². The highest BCUT2D eigenvalue weighted by atomic mass is 35.5. The van der Waals surface area contributed by atoms with Gasteiger partial charge in [0.25, 0.3) is 0 Å². The second-order valence-corrected chi connectivity index (χ2v) is 6.19. The summed E-state index contributed by atoms with van der Waals surface area (Å²) in [6.45, 7) is 2.48. The molecular formula is C18H18ClNO2S. The molecular weight excluding hydrogens is 330 g/mol. The number of para-hydroxylation sites is 1. The molecule has 1 N–H and O–H groups in total. The molecule has 0 fully saturated rings. The topological polar surface area (TPSA) is 38.3 Å². The van der Waals surface area contributed by atoms with Gasteiger partial charge in [-0.2, -0.15) is 0 Å². The molecule has 2 rings (SSSR count). The summed E-state index contributed by atoms with van der Waals surface area (Å²) in [7, 11) is 1.65. The Morgan fingerprint density at radius 1 is 1.30 bits per heavy atom. The molecule has 0 saturated carbocycles. The third kappa shape index (κ3) is 5.05. The van der Waals surface area contributed by atoms with E-state index in [0.29, 0.717) is 11.6 Å². The van der Waals surface area contributed by atoms with Crippen molar-refractivity contribution in [1.29, 1.82) is 0 Å². The lowest BCUT2D eigenvalue weighted by molar-refractivity contribution is -0.116. The molecule has 3 nitrogen and oxygen atoms in total. The lowest BCUT2D eigenvalue weighted by Gasteiger charge is -2.08. The van der Waals surface area contributed by atoms with Crippen molar-refractivity contribution in [3.63, 3.8) is 0 Å². The van der Waals surface area contributed by atoms with Crippen LogP contribution in [0.25, 0.3) is 6.08 Å². The molecule has 0 aliphatic carbocycles. The minimum Gasteiger partial charge on any atom is -0.496 e. The van der Waals surface area contributed by atoms with Crippen LogP contribution in [0.5, 0.6) is 5.75 Å². The van der Waals surface area contributed by atoms with Gasteiger partial charge in [0.1, 0.15) is 5.75 Å². The van der Waals surface area contributed by atoms with E-state index in [2.05, 4.69) is 5.32 Å². The molecule has 0 aliphatic heterocycles. The van der Waals surface area contributed by atoms with E-state index < -0.39 is 0 Å². The number of hydrogen-bond donors (Lipinski definition) is 1. The lowest BCUT2D eigenvalue weighted by atomic mass is 10.2. The van der Waals surface area contributed by atoms with Gasteiger partial charge >= 0.3 is 0 Å². The molecule has 0 saturated heterocycles. The molecule has 0 aromatic heterocycles. The minimum absolute atomic E-state index is 0.129. The van der Waals surface area contributed by atoms with Crippen LogP contribution in [-0.2, 0) is 4.79 Å². The monoisotopic (exact) mass is 347 g/mol. The first kappa shape index (κ1) is 17.4. The van der Waals surface area contributed by atoms with E-state index >= 15 is 0 Å². The van der Waals surface area contributed by atoms with Crippen LogP contribution >= 0.6 is 23.4 Å². The fraction of sp³-hybridized carbons (Fsp3) is 0.167. The normalized spacial score (nSPS) is 10.7. The molecule has 0 aliphatic rings. The first-order valence-electron chi connectivity index (χ1n) is 7.20. The maximum Gasteiger partial charge on any atom is 0.243 e. The summed E-state index contributed by atoms with van der Waals surface area (Å²) >= 11 is 7.88. The van der Waals surface area contributed by atoms with E-state index in [9.17, 15) is 4.79 Å². The molecule has 0 radical (unpaired) electrons. The number of rotatable bonds is 6. The Morgan fingerprint density at radius 3 is 2.78 bits per heavy atom. The number of methoxy groups -OCH3 is 1. The van der Waals surface area contributed by atoms with Crippen LogP contribution in [0.4, 0.5) is 0 Å². The molecule has 0 atom stereocenters. The standard InChI is InChI=1S/C18H18ClNO2S/c1-3-20-18(21)11-9-13-8-10-14(12-15(13)19)23-17-7-5-4-6-16(17)22-2/h4-12H,3H2,1-2H3,(H,20,21)/b11-9+. The molecule has 0 unspecified atom stereocenters. The molecule has 1 amide bonds. The van der Waals surface area contributed by atoms with Gasteiger partial charge in [0, 0.05) is 22.5 Å². The predicted molar refractivity (Wildman–Crippen MR) is 96.3 cm³/mol. The second-order valence-electron chi connectivity index (χ2n) is 4.66. The van der Waals surface area contributed by atoms with Gasteiger partial charge in [-0.25, -0.2) is 0 Å². The van der Waals surface area contributed by atoms with Crippen molar-refractivity contribution >= 4 is 35.3 Å². The van der Waals surface area contributed by atoms with Crippen molar-refractivity contribution in [1.82, 2.24) is 5.32 Å². The summed E-state index contributed by atoms with van der Waals surface area (Å²) in [5.41, 5.74) is 0.808. The molecule has 0 spiro atoms. The average molecular weight is 348 g/mol. The molecule has 0 heterocycles. The molecule has 2 aromatic carbocycles. The van der Waals surface area contributed by atoms with Gasteiger partial charge in [-0.1, -0.05) is 41.6 Å². The fourth-order valence-electron chi connectivity index (χ4n) is 1.94. The zero-order valence-corrected chi connectivity index (χ0v) is 14.6. The van der Waals surface area contributed by atoms with Crippen LogP contribution in [0.3, 0.4) is 0 Å². The first-order chi connectivity index (χ1) is 11.1. The highest BCUT2D eigenvalue weighted by Crippen LogP contribution is 2.36. The SMILES string of the molecule is CCNC(=O)/C=C/c1ccc(Sc2ccccc2OC)cc1Cl. The number of halogens is 1. The van der Waals surface area contributed by atoms with E-state index in [1.54, 1.807) is 24.9 Å². The summed E-state index contributed by atoms with van der Waals surface area (Å²) in [5.74, 6) is 0.699.